The number of ether oxygens (including phenoxy) is 1. The molecule has 0 saturated carbocycles. The van der Waals surface area contributed by atoms with Crippen LogP contribution in [-0.2, 0) is 4.79 Å². The maximum atomic E-state index is 13.3. The molecule has 0 spiro atoms. The minimum atomic E-state index is -0.501. The monoisotopic (exact) mass is 422 g/mol. The third-order valence-electron chi connectivity index (χ3n) is 4.90. The van der Waals surface area contributed by atoms with Gasteiger partial charge in [-0.15, -0.1) is 10.2 Å². The molecule has 1 aliphatic heterocycles. The first-order chi connectivity index (χ1) is 14.4. The Bertz CT molecular complexity index is 1110. The van der Waals surface area contributed by atoms with Gasteiger partial charge in [0.25, 0.3) is 5.22 Å². The Morgan fingerprint density at radius 1 is 1.23 bits per heavy atom. The smallest absolute Gasteiger partial charge is 0.277 e. The highest BCUT2D eigenvalue weighted by molar-refractivity contribution is 7.99. The van der Waals surface area contributed by atoms with E-state index in [1.807, 2.05) is 38.1 Å². The van der Waals surface area contributed by atoms with Gasteiger partial charge in [-0.25, -0.2) is 0 Å². The zero-order valence-corrected chi connectivity index (χ0v) is 18.1. The van der Waals surface area contributed by atoms with E-state index in [-0.39, 0.29) is 11.7 Å². The van der Waals surface area contributed by atoms with Crippen molar-refractivity contribution < 1.29 is 13.9 Å². The van der Waals surface area contributed by atoms with Crippen LogP contribution in [0.2, 0.25) is 0 Å². The zero-order valence-electron chi connectivity index (χ0n) is 17.2. The number of para-hydroxylation sites is 1. The normalized spacial score (nSPS) is 14.8. The highest BCUT2D eigenvalue weighted by Gasteiger charge is 2.37. The van der Waals surface area contributed by atoms with Crippen LogP contribution >= 0.6 is 11.8 Å². The van der Waals surface area contributed by atoms with Crippen molar-refractivity contribution in [1.29, 1.82) is 0 Å². The largest absolute Gasteiger partial charge is 0.495 e. The van der Waals surface area contributed by atoms with E-state index in [2.05, 4.69) is 28.2 Å². The highest BCUT2D eigenvalue weighted by Crippen LogP contribution is 2.44. The van der Waals surface area contributed by atoms with Crippen molar-refractivity contribution in [3.05, 3.63) is 54.4 Å². The van der Waals surface area contributed by atoms with Crippen LogP contribution in [0.3, 0.4) is 0 Å². The number of pyridine rings is 1. The fourth-order valence-electron chi connectivity index (χ4n) is 3.70. The third-order valence-corrected chi connectivity index (χ3v) is 5.70. The average molecular weight is 423 g/mol. The summed E-state index contributed by atoms with van der Waals surface area (Å²) in [5, 5.41) is 8.43. The van der Waals surface area contributed by atoms with E-state index in [1.54, 1.807) is 30.5 Å². The van der Waals surface area contributed by atoms with E-state index in [1.165, 1.54) is 11.8 Å². The number of rotatable bonds is 5. The van der Waals surface area contributed by atoms with Crippen molar-refractivity contribution in [1.82, 2.24) is 15.2 Å². The average Bonchev–Trinajstić information content (AvgIpc) is 3.21. The second-order valence-corrected chi connectivity index (χ2v) is 8.40. The van der Waals surface area contributed by atoms with Crippen LogP contribution in [-0.4, -0.2) is 39.5 Å². The Labute approximate surface area is 179 Å². The topological polar surface area (TPSA) is 81.4 Å². The number of allylic oxidation sites excluding steroid dienone is 1. The summed E-state index contributed by atoms with van der Waals surface area (Å²) in [6, 6.07) is 9.45. The van der Waals surface area contributed by atoms with E-state index in [9.17, 15) is 4.79 Å². The Hall–Kier alpha value is -3.13. The van der Waals surface area contributed by atoms with E-state index >= 15 is 0 Å². The van der Waals surface area contributed by atoms with Gasteiger partial charge < -0.3 is 9.15 Å². The number of benzene rings is 1. The lowest BCUT2D eigenvalue weighted by Gasteiger charge is -2.42. The Kier molecular flexibility index (Phi) is 5.34. The summed E-state index contributed by atoms with van der Waals surface area (Å²) in [4.78, 5) is 19.2. The fraction of sp³-hybridized carbons (Fsp3) is 0.273. The summed E-state index contributed by atoms with van der Waals surface area (Å²) in [5.41, 5.74) is 3.13. The lowest BCUT2D eigenvalue weighted by atomic mass is 9.88. The van der Waals surface area contributed by atoms with E-state index in [0.717, 1.165) is 22.4 Å². The van der Waals surface area contributed by atoms with Gasteiger partial charge in [-0.1, -0.05) is 30.0 Å². The third kappa shape index (κ3) is 3.70. The molecule has 2 aromatic heterocycles. The van der Waals surface area contributed by atoms with Gasteiger partial charge in [0.1, 0.15) is 5.75 Å². The molecule has 3 aromatic rings. The molecule has 1 amide bonds. The predicted octanol–water partition coefficient (Wildman–Crippen LogP) is 4.46. The number of carbonyl (C=O) groups excluding carboxylic acids is 1. The highest BCUT2D eigenvalue weighted by atomic mass is 32.2. The standard InChI is InChI=1S/C22H22N4O3S/c1-14-11-22(2,3)26(19-16(14)8-5-9-17(19)28-4)18(27)13-30-21-25-24-20(29-21)15-7-6-10-23-12-15/h5-12H,13H2,1-4H3. The molecule has 7 nitrogen and oxygen atoms in total. The maximum absolute atomic E-state index is 13.3. The van der Waals surface area contributed by atoms with Crippen LogP contribution in [0, 0.1) is 0 Å². The molecule has 0 fully saturated rings. The molecule has 3 heterocycles. The molecule has 0 aliphatic carbocycles. The minimum Gasteiger partial charge on any atom is -0.495 e. The number of nitrogens with zero attached hydrogens (tertiary/aromatic N) is 4. The molecule has 0 N–H and O–H groups in total. The lowest BCUT2D eigenvalue weighted by molar-refractivity contribution is -0.117. The quantitative estimate of drug-likeness (QED) is 0.562. The Balaban J connectivity index is 1.57. The number of anilines is 1. The summed E-state index contributed by atoms with van der Waals surface area (Å²) >= 11 is 1.21. The summed E-state index contributed by atoms with van der Waals surface area (Å²) in [6.45, 7) is 6.08. The maximum Gasteiger partial charge on any atom is 0.277 e. The van der Waals surface area contributed by atoms with Crippen LogP contribution in [0.4, 0.5) is 5.69 Å². The van der Waals surface area contributed by atoms with E-state index in [0.29, 0.717) is 16.9 Å². The molecular formula is C22H22N4O3S. The molecule has 8 heteroatoms. The van der Waals surface area contributed by atoms with Crippen LogP contribution in [0.25, 0.3) is 17.0 Å². The number of hydrogen-bond donors (Lipinski definition) is 0. The first kappa shape index (κ1) is 20.2. The molecule has 0 atom stereocenters. The number of amides is 1. The molecule has 0 bridgehead atoms. The number of thioether (sulfide) groups is 1. The molecule has 4 rings (SSSR count). The van der Waals surface area contributed by atoms with Crippen LogP contribution in [0.5, 0.6) is 5.75 Å². The van der Waals surface area contributed by atoms with Crippen molar-refractivity contribution in [3.63, 3.8) is 0 Å². The van der Waals surface area contributed by atoms with Gasteiger partial charge >= 0.3 is 0 Å². The van der Waals surface area contributed by atoms with Crippen LogP contribution in [0.1, 0.15) is 26.3 Å². The number of methoxy groups -OCH3 is 1. The van der Waals surface area contributed by atoms with Crippen molar-refractivity contribution in [2.45, 2.75) is 31.5 Å². The second kappa shape index (κ2) is 7.95. The fourth-order valence-corrected chi connectivity index (χ4v) is 4.32. The first-order valence-corrected chi connectivity index (χ1v) is 10.5. The first-order valence-electron chi connectivity index (χ1n) is 9.47. The summed E-state index contributed by atoms with van der Waals surface area (Å²) in [6.07, 6.45) is 5.43. The van der Waals surface area contributed by atoms with Crippen LogP contribution < -0.4 is 9.64 Å². The molecule has 1 aliphatic rings. The summed E-state index contributed by atoms with van der Waals surface area (Å²) in [7, 11) is 1.62. The van der Waals surface area contributed by atoms with Crippen LogP contribution in [0.15, 0.2) is 58.4 Å². The van der Waals surface area contributed by atoms with E-state index in [4.69, 9.17) is 9.15 Å². The SMILES string of the molecule is COc1cccc2c1N(C(=O)CSc1nnc(-c3cccnc3)o1)C(C)(C)C=C2C. The second-order valence-electron chi connectivity index (χ2n) is 7.47. The number of hydrogen-bond acceptors (Lipinski definition) is 7. The van der Waals surface area contributed by atoms with Crippen molar-refractivity contribution in [2.24, 2.45) is 0 Å². The Morgan fingerprint density at radius 3 is 2.80 bits per heavy atom. The van der Waals surface area contributed by atoms with E-state index < -0.39 is 5.54 Å². The van der Waals surface area contributed by atoms with Gasteiger partial charge in [0, 0.05) is 18.0 Å². The predicted molar refractivity (Wildman–Crippen MR) is 116 cm³/mol. The summed E-state index contributed by atoms with van der Waals surface area (Å²) < 4.78 is 11.3. The molecule has 0 radical (unpaired) electrons. The van der Waals surface area contributed by atoms with Gasteiger partial charge in [-0.2, -0.15) is 0 Å². The Morgan fingerprint density at radius 2 is 2.07 bits per heavy atom. The molecule has 0 saturated heterocycles. The molecular weight excluding hydrogens is 400 g/mol. The molecule has 0 unspecified atom stereocenters. The molecule has 154 valence electrons. The molecule has 1 aromatic carbocycles. The van der Waals surface area contributed by atoms with Gasteiger partial charge in [-0.05, 0) is 44.5 Å². The molecule has 30 heavy (non-hydrogen) atoms. The zero-order chi connectivity index (χ0) is 21.3. The van der Waals surface area contributed by atoms with Crippen molar-refractivity contribution >= 4 is 28.9 Å². The lowest BCUT2D eigenvalue weighted by Crippen LogP contribution is -2.49. The van der Waals surface area contributed by atoms with Gasteiger partial charge in [0.2, 0.25) is 11.8 Å². The summed E-state index contributed by atoms with van der Waals surface area (Å²) in [5.74, 6) is 1.13. The van der Waals surface area contributed by atoms with Gasteiger partial charge in [0.05, 0.1) is 29.7 Å². The number of fused-ring (bicyclic) bond motifs is 1. The van der Waals surface area contributed by atoms with Crippen molar-refractivity contribution in [3.8, 4) is 17.2 Å². The number of carbonyl (C=O) groups is 1. The van der Waals surface area contributed by atoms with Gasteiger partial charge in [-0.3, -0.25) is 14.7 Å². The van der Waals surface area contributed by atoms with Crippen molar-refractivity contribution in [2.75, 3.05) is 17.8 Å². The van der Waals surface area contributed by atoms with Gasteiger partial charge in [0.15, 0.2) is 0 Å². The number of aromatic nitrogens is 3. The minimum absolute atomic E-state index is 0.0689.